The van der Waals surface area contributed by atoms with Gasteiger partial charge in [0.1, 0.15) is 7.85 Å². The lowest BCUT2D eigenvalue weighted by Gasteiger charge is -2.33. The summed E-state index contributed by atoms with van der Waals surface area (Å²) in [6.45, 7) is 2.32. The maximum atomic E-state index is 4.27. The molecule has 78 valence electrons. The van der Waals surface area contributed by atoms with Crippen LogP contribution < -0.4 is 10.4 Å². The van der Waals surface area contributed by atoms with Crippen molar-refractivity contribution in [1.82, 2.24) is 9.65 Å². The van der Waals surface area contributed by atoms with Crippen molar-refractivity contribution in [2.45, 2.75) is 18.5 Å². The number of hydrogen-bond donors (Lipinski definition) is 0. The average molecular weight is 219 g/mol. The minimum absolute atomic E-state index is 0.691. The maximum Gasteiger partial charge on any atom is 0.141 e. The third-order valence-electron chi connectivity index (χ3n) is 3.48. The highest BCUT2D eigenvalue weighted by Crippen LogP contribution is 2.35. The molecular weight excluding hydrogens is 204 g/mol. The Hall–Kier alpha value is -0.595. The van der Waals surface area contributed by atoms with Crippen LogP contribution in [0.3, 0.4) is 0 Å². The first-order chi connectivity index (χ1) is 7.24. The van der Waals surface area contributed by atoms with Crippen LogP contribution in [0.5, 0.6) is 0 Å². The lowest BCUT2D eigenvalue weighted by molar-refractivity contribution is 0.410. The zero-order chi connectivity index (χ0) is 10.4. The molecule has 3 heterocycles. The standard InChI is InChI=1S/C10H15BN3P/c11-7-1-8(4-12-3-7)13-5-10-2-9(13)6-14(10)15/h1,3-4,9-10H,2,5-6,11,15H2. The lowest BCUT2D eigenvalue weighted by Crippen LogP contribution is -2.42. The summed E-state index contributed by atoms with van der Waals surface area (Å²) in [5.41, 5.74) is 2.54. The molecule has 2 fully saturated rings. The number of fused-ring (bicyclic) bond motifs is 2. The molecule has 3 unspecified atom stereocenters. The number of anilines is 1. The van der Waals surface area contributed by atoms with E-state index in [0.29, 0.717) is 6.04 Å². The van der Waals surface area contributed by atoms with Gasteiger partial charge in [-0.3, -0.25) is 9.65 Å². The van der Waals surface area contributed by atoms with E-state index < -0.39 is 0 Å². The van der Waals surface area contributed by atoms with Gasteiger partial charge in [0.05, 0.1) is 11.9 Å². The molecular formula is C10H15BN3P. The summed E-state index contributed by atoms with van der Waals surface area (Å²) in [6.07, 6.45) is 5.21. The van der Waals surface area contributed by atoms with Gasteiger partial charge in [-0.25, -0.2) is 0 Å². The molecule has 2 aliphatic rings. The van der Waals surface area contributed by atoms with Crippen molar-refractivity contribution in [1.29, 1.82) is 0 Å². The Labute approximate surface area is 93.5 Å². The minimum Gasteiger partial charge on any atom is -0.364 e. The van der Waals surface area contributed by atoms with Gasteiger partial charge in [-0.15, -0.1) is 0 Å². The normalized spacial score (nSPS) is 30.1. The van der Waals surface area contributed by atoms with Crippen molar-refractivity contribution in [3.8, 4) is 0 Å². The zero-order valence-corrected chi connectivity index (χ0v) is 10.1. The molecule has 1 aromatic rings. The van der Waals surface area contributed by atoms with Gasteiger partial charge in [0.25, 0.3) is 0 Å². The molecule has 0 spiro atoms. The first-order valence-electron chi connectivity index (χ1n) is 5.43. The molecule has 0 aliphatic carbocycles. The number of rotatable bonds is 1. The summed E-state index contributed by atoms with van der Waals surface area (Å²) >= 11 is 0. The fourth-order valence-electron chi connectivity index (χ4n) is 2.71. The van der Waals surface area contributed by atoms with E-state index in [1.165, 1.54) is 24.1 Å². The van der Waals surface area contributed by atoms with Crippen LogP contribution in [-0.2, 0) is 0 Å². The highest BCUT2D eigenvalue weighted by Gasteiger charge is 2.41. The SMILES string of the molecule is Bc1cncc(N2CC3CC2CN3P)c1. The molecule has 0 aromatic carbocycles. The monoisotopic (exact) mass is 219 g/mol. The molecule has 0 amide bonds. The van der Waals surface area contributed by atoms with E-state index in [9.17, 15) is 0 Å². The number of aromatic nitrogens is 1. The Balaban J connectivity index is 1.86. The number of pyridine rings is 1. The van der Waals surface area contributed by atoms with E-state index in [4.69, 9.17) is 0 Å². The Bertz CT molecular complexity index is 385. The van der Waals surface area contributed by atoms with Crippen LogP contribution in [0.1, 0.15) is 6.42 Å². The second-order valence-electron chi connectivity index (χ2n) is 4.61. The number of hydrogen-bond acceptors (Lipinski definition) is 3. The molecule has 3 rings (SSSR count). The van der Waals surface area contributed by atoms with Crippen LogP contribution in [-0.4, -0.2) is 42.7 Å². The molecule has 2 aliphatic heterocycles. The average Bonchev–Trinajstić information content (AvgIpc) is 2.76. The molecule has 2 saturated heterocycles. The van der Waals surface area contributed by atoms with Crippen molar-refractivity contribution < 1.29 is 0 Å². The molecule has 3 atom stereocenters. The van der Waals surface area contributed by atoms with Crippen LogP contribution in [0, 0.1) is 0 Å². The van der Waals surface area contributed by atoms with E-state index >= 15 is 0 Å². The third-order valence-corrected chi connectivity index (χ3v) is 4.11. The largest absolute Gasteiger partial charge is 0.364 e. The van der Waals surface area contributed by atoms with Gasteiger partial charge in [-0.2, -0.15) is 0 Å². The van der Waals surface area contributed by atoms with Gasteiger partial charge in [0.2, 0.25) is 0 Å². The summed E-state index contributed by atoms with van der Waals surface area (Å²) in [5, 5.41) is 0. The van der Waals surface area contributed by atoms with Gasteiger partial charge in [0.15, 0.2) is 0 Å². The topological polar surface area (TPSA) is 19.4 Å². The summed E-state index contributed by atoms with van der Waals surface area (Å²) in [5.74, 6) is 0. The van der Waals surface area contributed by atoms with Gasteiger partial charge >= 0.3 is 0 Å². The highest BCUT2D eigenvalue weighted by atomic mass is 31.0. The first kappa shape index (κ1) is 9.62. The second-order valence-corrected chi connectivity index (χ2v) is 5.28. The molecule has 15 heavy (non-hydrogen) atoms. The quantitative estimate of drug-likeness (QED) is 0.464. The molecule has 1 aromatic heterocycles. The van der Waals surface area contributed by atoms with Crippen LogP contribution in [0.15, 0.2) is 18.5 Å². The van der Waals surface area contributed by atoms with Crippen LogP contribution >= 0.6 is 9.39 Å². The summed E-state index contributed by atoms with van der Waals surface area (Å²) in [7, 11) is 4.94. The Kier molecular flexibility index (Phi) is 2.22. The van der Waals surface area contributed by atoms with Gasteiger partial charge in [0, 0.05) is 31.4 Å². The lowest BCUT2D eigenvalue weighted by atomic mass is 9.98. The summed E-state index contributed by atoms with van der Waals surface area (Å²) < 4.78 is 2.39. The Morgan fingerprint density at radius 1 is 1.33 bits per heavy atom. The van der Waals surface area contributed by atoms with E-state index in [-0.39, 0.29) is 0 Å². The maximum absolute atomic E-state index is 4.27. The van der Waals surface area contributed by atoms with Gasteiger partial charge < -0.3 is 4.90 Å². The highest BCUT2D eigenvalue weighted by molar-refractivity contribution is 7.13. The van der Waals surface area contributed by atoms with Crippen molar-refractivity contribution >= 4 is 28.4 Å². The van der Waals surface area contributed by atoms with Crippen molar-refractivity contribution in [2.75, 3.05) is 18.0 Å². The van der Waals surface area contributed by atoms with Crippen molar-refractivity contribution in [2.24, 2.45) is 0 Å². The van der Waals surface area contributed by atoms with Crippen LogP contribution in [0.25, 0.3) is 0 Å². The fourth-order valence-corrected chi connectivity index (χ4v) is 3.17. The van der Waals surface area contributed by atoms with E-state index in [1.807, 2.05) is 12.4 Å². The summed E-state index contributed by atoms with van der Waals surface area (Å²) in [6, 6.07) is 3.65. The summed E-state index contributed by atoms with van der Waals surface area (Å²) in [4.78, 5) is 6.78. The predicted octanol–water partition coefficient (Wildman–Crippen LogP) is -0.607. The van der Waals surface area contributed by atoms with Crippen molar-refractivity contribution in [3.05, 3.63) is 18.5 Å². The van der Waals surface area contributed by atoms with Crippen molar-refractivity contribution in [3.63, 3.8) is 0 Å². The third kappa shape index (κ3) is 1.56. The van der Waals surface area contributed by atoms with Crippen LogP contribution in [0.4, 0.5) is 5.69 Å². The van der Waals surface area contributed by atoms with E-state index in [2.05, 4.69) is 37.9 Å². The molecule has 0 radical (unpaired) electrons. The molecule has 2 bridgehead atoms. The molecule has 5 heteroatoms. The molecule has 0 N–H and O–H groups in total. The first-order valence-corrected chi connectivity index (χ1v) is 5.95. The number of piperazine rings is 1. The fraction of sp³-hybridized carbons (Fsp3) is 0.500. The Morgan fingerprint density at radius 3 is 2.80 bits per heavy atom. The minimum atomic E-state index is 0.691. The number of nitrogens with zero attached hydrogens (tertiary/aromatic N) is 3. The second kappa shape index (κ2) is 3.46. The van der Waals surface area contributed by atoms with E-state index in [1.54, 1.807) is 0 Å². The smallest absolute Gasteiger partial charge is 0.141 e. The zero-order valence-electron chi connectivity index (χ0n) is 8.93. The van der Waals surface area contributed by atoms with Gasteiger partial charge in [-0.1, -0.05) is 14.9 Å². The Morgan fingerprint density at radius 2 is 2.20 bits per heavy atom. The van der Waals surface area contributed by atoms with E-state index in [0.717, 1.165) is 12.6 Å². The van der Waals surface area contributed by atoms with Crippen LogP contribution in [0.2, 0.25) is 0 Å². The van der Waals surface area contributed by atoms with Gasteiger partial charge in [-0.05, 0) is 12.5 Å². The predicted molar refractivity (Wildman–Crippen MR) is 68.4 cm³/mol. The molecule has 3 nitrogen and oxygen atoms in total. The molecule has 0 saturated carbocycles.